The molecule has 5 rings (SSSR count). The smallest absolute Gasteiger partial charge is 0.335 e. The molecular formula is C34H54O8. The Labute approximate surface area is 250 Å². The Balaban J connectivity index is 1.45. The average molecular weight is 591 g/mol. The van der Waals surface area contributed by atoms with E-state index < -0.39 is 42.0 Å². The molecule has 8 heteroatoms. The Hall–Kier alpha value is -1.48. The molecule has 0 heterocycles. The Morgan fingerprint density at radius 3 is 2.12 bits per heavy atom. The van der Waals surface area contributed by atoms with E-state index in [1.807, 2.05) is 0 Å². The van der Waals surface area contributed by atoms with Crippen molar-refractivity contribution in [2.24, 2.45) is 57.2 Å². The van der Waals surface area contributed by atoms with Gasteiger partial charge in [-0.15, -0.1) is 0 Å². The summed E-state index contributed by atoms with van der Waals surface area (Å²) in [6, 6.07) is 0. The molecule has 12 unspecified atom stereocenters. The fourth-order valence-electron chi connectivity index (χ4n) is 11.7. The van der Waals surface area contributed by atoms with Gasteiger partial charge in [0.25, 0.3) is 0 Å². The van der Waals surface area contributed by atoms with Crippen LogP contribution < -0.4 is 0 Å². The number of carboxylic acids is 2. The standard InChI is InChI=1S/C34H54O8/c1-18-9-15-34(30(40)41)16-11-21-20(23(34)17-18)7-8-25-32(21,5)14-12-24-31(3,4)22(10-13-33(24,25)6)27(29(38)39)42-26(19(2)35)28(36)37/h7,18-19,21-27,29,35,38-39H,8-17H2,1-6H3,(H,36,37)(H,40,41). The first-order valence-electron chi connectivity index (χ1n) is 16.4. The van der Waals surface area contributed by atoms with Crippen LogP contribution in [0, 0.1) is 57.2 Å². The maximum atomic E-state index is 12.7. The monoisotopic (exact) mass is 590 g/mol. The molecule has 12 atom stereocenters. The van der Waals surface area contributed by atoms with Crippen molar-refractivity contribution >= 4 is 11.9 Å². The number of carboxylic acid groups (broad SMARTS) is 2. The molecule has 0 aromatic carbocycles. The van der Waals surface area contributed by atoms with Crippen molar-refractivity contribution in [2.45, 2.75) is 130 Å². The largest absolute Gasteiger partial charge is 0.481 e. The molecule has 4 fully saturated rings. The summed E-state index contributed by atoms with van der Waals surface area (Å²) in [5, 5.41) is 50.9. The number of aliphatic hydroxyl groups is 3. The summed E-state index contributed by atoms with van der Waals surface area (Å²) < 4.78 is 5.80. The van der Waals surface area contributed by atoms with E-state index in [4.69, 9.17) is 4.74 Å². The Kier molecular flexibility index (Phi) is 8.25. The Morgan fingerprint density at radius 1 is 0.881 bits per heavy atom. The van der Waals surface area contributed by atoms with Crippen LogP contribution in [0.15, 0.2) is 11.6 Å². The molecule has 0 radical (unpaired) electrons. The Bertz CT molecular complexity index is 1100. The van der Waals surface area contributed by atoms with Crippen LogP contribution in [0.3, 0.4) is 0 Å². The average Bonchev–Trinajstić information content (AvgIpc) is 2.88. The third kappa shape index (κ3) is 4.69. The van der Waals surface area contributed by atoms with E-state index in [-0.39, 0.29) is 34.0 Å². The van der Waals surface area contributed by atoms with Crippen LogP contribution >= 0.6 is 0 Å². The van der Waals surface area contributed by atoms with Gasteiger partial charge in [-0.1, -0.05) is 46.3 Å². The van der Waals surface area contributed by atoms with Gasteiger partial charge in [0, 0.05) is 0 Å². The molecule has 238 valence electrons. The van der Waals surface area contributed by atoms with E-state index in [9.17, 15) is 35.1 Å². The van der Waals surface area contributed by atoms with Crippen molar-refractivity contribution in [2.75, 3.05) is 0 Å². The number of ether oxygens (including phenoxy) is 1. The van der Waals surface area contributed by atoms with Crippen LogP contribution in [-0.4, -0.2) is 62.1 Å². The van der Waals surface area contributed by atoms with Crippen molar-refractivity contribution in [1.82, 2.24) is 0 Å². The van der Waals surface area contributed by atoms with E-state index in [1.165, 1.54) is 12.5 Å². The Morgan fingerprint density at radius 2 is 1.52 bits per heavy atom. The summed E-state index contributed by atoms with van der Waals surface area (Å²) in [4.78, 5) is 24.5. The van der Waals surface area contributed by atoms with Gasteiger partial charge in [-0.3, -0.25) is 4.79 Å². The van der Waals surface area contributed by atoms with Gasteiger partial charge in [-0.2, -0.15) is 0 Å². The van der Waals surface area contributed by atoms with Crippen molar-refractivity contribution in [3.05, 3.63) is 11.6 Å². The second-order valence-electron chi connectivity index (χ2n) is 16.1. The number of fused-ring (bicyclic) bond motifs is 7. The molecular weight excluding hydrogens is 536 g/mol. The molecule has 0 bridgehead atoms. The minimum atomic E-state index is -1.86. The van der Waals surface area contributed by atoms with Crippen LogP contribution in [0.5, 0.6) is 0 Å². The van der Waals surface area contributed by atoms with Crippen LogP contribution in [0.2, 0.25) is 0 Å². The molecule has 4 saturated carbocycles. The number of hydrogen-bond donors (Lipinski definition) is 5. The van der Waals surface area contributed by atoms with Crippen LogP contribution in [0.1, 0.15) is 106 Å². The van der Waals surface area contributed by atoms with Crippen LogP contribution in [0.4, 0.5) is 0 Å². The molecule has 0 amide bonds. The summed E-state index contributed by atoms with van der Waals surface area (Å²) in [6.07, 6.45) is 5.60. The predicted octanol–water partition coefficient (Wildman–Crippen LogP) is 5.24. The molecule has 0 aliphatic heterocycles. The van der Waals surface area contributed by atoms with E-state index >= 15 is 0 Å². The van der Waals surface area contributed by atoms with Crippen molar-refractivity contribution < 1.29 is 39.9 Å². The highest BCUT2D eigenvalue weighted by molar-refractivity contribution is 5.76. The zero-order valence-electron chi connectivity index (χ0n) is 26.4. The highest BCUT2D eigenvalue weighted by atomic mass is 16.6. The quantitative estimate of drug-likeness (QED) is 0.200. The summed E-state index contributed by atoms with van der Waals surface area (Å²) in [6.45, 7) is 12.9. The number of aliphatic hydroxyl groups excluding tert-OH is 2. The van der Waals surface area contributed by atoms with Gasteiger partial charge < -0.3 is 30.3 Å². The summed E-state index contributed by atoms with van der Waals surface area (Å²) in [7, 11) is 0. The van der Waals surface area contributed by atoms with Gasteiger partial charge in [0.15, 0.2) is 12.4 Å². The molecule has 5 aliphatic rings. The maximum Gasteiger partial charge on any atom is 0.335 e. The summed E-state index contributed by atoms with van der Waals surface area (Å²) >= 11 is 0. The topological polar surface area (TPSA) is 145 Å². The molecule has 0 spiro atoms. The summed E-state index contributed by atoms with van der Waals surface area (Å²) in [5.41, 5.74) is 0.532. The number of hydrogen-bond acceptors (Lipinski definition) is 6. The lowest BCUT2D eigenvalue weighted by molar-refractivity contribution is -0.243. The first-order valence-corrected chi connectivity index (χ1v) is 16.4. The molecule has 0 aromatic rings. The van der Waals surface area contributed by atoms with Crippen molar-refractivity contribution in [3.8, 4) is 0 Å². The van der Waals surface area contributed by atoms with E-state index in [1.54, 1.807) is 0 Å². The SMILES string of the molecule is CC1CCC2(C(=O)O)CCC3C(=CCC4C3(C)CCC3C(C)(C)C(C(OC(C(=O)O)C(C)O)C(O)O)CCC34C)C2C1. The highest BCUT2D eigenvalue weighted by Crippen LogP contribution is 2.72. The van der Waals surface area contributed by atoms with Crippen molar-refractivity contribution in [3.63, 3.8) is 0 Å². The molecule has 0 saturated heterocycles. The first-order chi connectivity index (χ1) is 19.5. The third-order valence-corrected chi connectivity index (χ3v) is 13.8. The zero-order chi connectivity index (χ0) is 31.0. The van der Waals surface area contributed by atoms with Crippen LogP contribution in [0.25, 0.3) is 0 Å². The molecule has 42 heavy (non-hydrogen) atoms. The van der Waals surface area contributed by atoms with Gasteiger partial charge in [-0.05, 0) is 123 Å². The second-order valence-corrected chi connectivity index (χ2v) is 16.1. The summed E-state index contributed by atoms with van der Waals surface area (Å²) in [5.74, 6) is -0.437. The molecule has 5 aliphatic carbocycles. The van der Waals surface area contributed by atoms with Gasteiger partial charge in [-0.25, -0.2) is 4.79 Å². The van der Waals surface area contributed by atoms with Gasteiger partial charge in [0.2, 0.25) is 0 Å². The highest BCUT2D eigenvalue weighted by Gasteiger charge is 2.66. The number of rotatable bonds is 7. The first kappa shape index (κ1) is 31.9. The zero-order valence-corrected chi connectivity index (χ0v) is 26.4. The molecule has 0 aromatic heterocycles. The van der Waals surface area contributed by atoms with Gasteiger partial charge >= 0.3 is 11.9 Å². The minimum Gasteiger partial charge on any atom is -0.481 e. The lowest BCUT2D eigenvalue weighted by Crippen LogP contribution is -2.63. The molecule has 8 nitrogen and oxygen atoms in total. The molecule has 5 N–H and O–H groups in total. The van der Waals surface area contributed by atoms with Gasteiger partial charge in [0.1, 0.15) is 6.10 Å². The fourth-order valence-corrected chi connectivity index (χ4v) is 11.7. The minimum absolute atomic E-state index is 0.00233. The van der Waals surface area contributed by atoms with E-state index in [0.29, 0.717) is 24.2 Å². The van der Waals surface area contributed by atoms with Gasteiger partial charge in [0.05, 0.1) is 11.5 Å². The number of allylic oxidation sites excluding steroid dienone is 2. The predicted molar refractivity (Wildman–Crippen MR) is 157 cm³/mol. The van der Waals surface area contributed by atoms with Crippen molar-refractivity contribution in [1.29, 1.82) is 0 Å². The number of carbonyl (C=O) groups is 2. The fraction of sp³-hybridized carbons (Fsp3) is 0.882. The maximum absolute atomic E-state index is 12.7. The van der Waals surface area contributed by atoms with E-state index in [2.05, 4.69) is 40.7 Å². The second kappa shape index (κ2) is 10.8. The number of aliphatic carboxylic acids is 2. The van der Waals surface area contributed by atoms with Crippen LogP contribution in [-0.2, 0) is 14.3 Å². The lowest BCUT2D eigenvalue weighted by atomic mass is 9.36. The van der Waals surface area contributed by atoms with E-state index in [0.717, 1.165) is 57.8 Å². The third-order valence-electron chi connectivity index (χ3n) is 13.8. The lowest BCUT2D eigenvalue weighted by Gasteiger charge is -2.68. The normalized spacial score (nSPS) is 44.9.